The quantitative estimate of drug-likeness (QED) is 0.852. The van der Waals surface area contributed by atoms with Gasteiger partial charge in [-0.25, -0.2) is 17.2 Å². The Hall–Kier alpha value is -2.28. The fraction of sp³-hybridized carbons (Fsp3) is 0.278. The number of halogens is 2. The van der Waals surface area contributed by atoms with Crippen molar-refractivity contribution in [1.82, 2.24) is 5.32 Å². The van der Waals surface area contributed by atoms with Crippen LogP contribution in [0.3, 0.4) is 0 Å². The Balaban J connectivity index is 1.95. The number of aryl methyl sites for hydroxylation is 1. The summed E-state index contributed by atoms with van der Waals surface area (Å²) < 4.78 is 50.6. The van der Waals surface area contributed by atoms with Crippen LogP contribution in [-0.4, -0.2) is 20.1 Å². The summed E-state index contributed by atoms with van der Waals surface area (Å²) in [6.07, 6.45) is -0.218. The molecule has 0 fully saturated rings. The van der Waals surface area contributed by atoms with Gasteiger partial charge in [0.05, 0.1) is 16.7 Å². The molecule has 4 nitrogen and oxygen atoms in total. The molecular weight excluding hydrogens is 348 g/mol. The van der Waals surface area contributed by atoms with Crippen molar-refractivity contribution >= 4 is 15.7 Å². The third-order valence-corrected chi connectivity index (χ3v) is 5.53. The Morgan fingerprint density at radius 1 is 1.08 bits per heavy atom. The maximum absolute atomic E-state index is 13.2. The van der Waals surface area contributed by atoms with Gasteiger partial charge in [-0.3, -0.25) is 4.79 Å². The molecule has 0 bridgehead atoms. The molecule has 0 radical (unpaired) electrons. The van der Waals surface area contributed by atoms with Crippen LogP contribution in [0.25, 0.3) is 0 Å². The van der Waals surface area contributed by atoms with Crippen LogP contribution in [0.15, 0.2) is 47.4 Å². The summed E-state index contributed by atoms with van der Waals surface area (Å²) in [5.74, 6) is -2.77. The average molecular weight is 367 g/mol. The second-order valence-corrected chi connectivity index (χ2v) is 7.95. The molecule has 0 saturated carbocycles. The number of carbonyl (C=O) groups excluding carboxylic acids is 1. The molecule has 2 rings (SSSR count). The summed E-state index contributed by atoms with van der Waals surface area (Å²) in [5, 5.41) is 2.58. The van der Waals surface area contributed by atoms with Crippen molar-refractivity contribution in [2.45, 2.75) is 31.2 Å². The standard InChI is InChI=1S/C18H19F2NO3S/c1-12-3-6-15(7-4-12)25(23,24)10-9-18(22)21-13(2)14-5-8-16(19)17(20)11-14/h3-8,11,13H,9-10H2,1-2H3,(H,21,22). The van der Waals surface area contributed by atoms with E-state index < -0.39 is 33.4 Å². The largest absolute Gasteiger partial charge is 0.350 e. The first-order valence-corrected chi connectivity index (χ1v) is 9.38. The lowest BCUT2D eigenvalue weighted by Gasteiger charge is -2.14. The van der Waals surface area contributed by atoms with Gasteiger partial charge < -0.3 is 5.32 Å². The van der Waals surface area contributed by atoms with Crippen molar-refractivity contribution < 1.29 is 22.0 Å². The monoisotopic (exact) mass is 367 g/mol. The van der Waals surface area contributed by atoms with Crippen LogP contribution < -0.4 is 5.32 Å². The summed E-state index contributed by atoms with van der Waals surface area (Å²) in [4.78, 5) is 12.1. The maximum atomic E-state index is 13.2. The molecule has 0 aliphatic rings. The number of rotatable bonds is 6. The zero-order chi connectivity index (χ0) is 18.6. The first-order valence-electron chi connectivity index (χ1n) is 7.73. The molecule has 1 atom stereocenters. The summed E-state index contributed by atoms with van der Waals surface area (Å²) in [6.45, 7) is 3.46. The third kappa shape index (κ3) is 5.09. The fourth-order valence-electron chi connectivity index (χ4n) is 2.27. The summed E-state index contributed by atoms with van der Waals surface area (Å²) in [5.41, 5.74) is 1.34. The number of sulfone groups is 1. The SMILES string of the molecule is Cc1ccc(S(=O)(=O)CCC(=O)NC(C)c2ccc(F)c(F)c2)cc1. The van der Waals surface area contributed by atoms with Crippen molar-refractivity contribution in [1.29, 1.82) is 0 Å². The minimum atomic E-state index is -3.56. The number of nitrogens with one attached hydrogen (secondary N) is 1. The van der Waals surface area contributed by atoms with E-state index in [0.29, 0.717) is 5.56 Å². The van der Waals surface area contributed by atoms with Crippen LogP contribution in [0.1, 0.15) is 30.5 Å². The predicted octanol–water partition coefficient (Wildman–Crippen LogP) is 3.31. The van der Waals surface area contributed by atoms with E-state index in [1.807, 2.05) is 6.92 Å². The lowest BCUT2D eigenvalue weighted by Crippen LogP contribution is -2.28. The molecule has 7 heteroatoms. The van der Waals surface area contributed by atoms with Gasteiger partial charge in [0, 0.05) is 6.42 Å². The molecule has 1 amide bonds. The third-order valence-electron chi connectivity index (χ3n) is 3.80. The molecule has 25 heavy (non-hydrogen) atoms. The lowest BCUT2D eigenvalue weighted by atomic mass is 10.1. The predicted molar refractivity (Wildman–Crippen MR) is 90.8 cm³/mol. The van der Waals surface area contributed by atoms with E-state index in [2.05, 4.69) is 5.32 Å². The number of carbonyl (C=O) groups is 1. The van der Waals surface area contributed by atoms with Crippen LogP contribution in [0.5, 0.6) is 0 Å². The van der Waals surface area contributed by atoms with E-state index in [9.17, 15) is 22.0 Å². The average Bonchev–Trinajstić information content (AvgIpc) is 2.56. The van der Waals surface area contributed by atoms with Crippen LogP contribution >= 0.6 is 0 Å². The van der Waals surface area contributed by atoms with Gasteiger partial charge in [-0.1, -0.05) is 23.8 Å². The van der Waals surface area contributed by atoms with Gasteiger partial charge in [-0.15, -0.1) is 0 Å². The fourth-order valence-corrected chi connectivity index (χ4v) is 3.51. The van der Waals surface area contributed by atoms with Gasteiger partial charge in [0.25, 0.3) is 0 Å². The smallest absolute Gasteiger partial charge is 0.221 e. The molecule has 134 valence electrons. The van der Waals surface area contributed by atoms with Crippen LogP contribution in [0, 0.1) is 18.6 Å². The van der Waals surface area contributed by atoms with Gasteiger partial charge in [0.15, 0.2) is 21.5 Å². The molecule has 0 spiro atoms. The maximum Gasteiger partial charge on any atom is 0.221 e. The molecule has 0 heterocycles. The minimum absolute atomic E-state index is 0.166. The van der Waals surface area contributed by atoms with Gasteiger partial charge in [-0.2, -0.15) is 0 Å². The highest BCUT2D eigenvalue weighted by Gasteiger charge is 2.18. The molecule has 1 unspecified atom stereocenters. The minimum Gasteiger partial charge on any atom is -0.350 e. The van der Waals surface area contributed by atoms with Crippen molar-refractivity contribution in [2.75, 3.05) is 5.75 Å². The highest BCUT2D eigenvalue weighted by atomic mass is 32.2. The van der Waals surface area contributed by atoms with Crippen LogP contribution in [0.4, 0.5) is 8.78 Å². The number of hydrogen-bond donors (Lipinski definition) is 1. The van der Waals surface area contributed by atoms with Crippen molar-refractivity contribution in [3.05, 3.63) is 65.2 Å². The summed E-state index contributed by atoms with van der Waals surface area (Å²) in [7, 11) is -3.56. The van der Waals surface area contributed by atoms with Gasteiger partial charge in [-0.05, 0) is 43.7 Å². The molecule has 2 aromatic rings. The molecule has 1 N–H and O–H groups in total. The molecular formula is C18H19F2NO3S. The second kappa shape index (κ2) is 7.74. The van der Waals surface area contributed by atoms with E-state index in [4.69, 9.17) is 0 Å². The van der Waals surface area contributed by atoms with Gasteiger partial charge in [0.2, 0.25) is 5.91 Å². The van der Waals surface area contributed by atoms with Crippen molar-refractivity contribution in [3.63, 3.8) is 0 Å². The Morgan fingerprint density at radius 3 is 2.32 bits per heavy atom. The second-order valence-electron chi connectivity index (χ2n) is 5.84. The van der Waals surface area contributed by atoms with E-state index in [1.54, 1.807) is 19.1 Å². The highest BCUT2D eigenvalue weighted by molar-refractivity contribution is 7.91. The lowest BCUT2D eigenvalue weighted by molar-refractivity contribution is -0.121. The molecule has 0 aliphatic carbocycles. The zero-order valence-electron chi connectivity index (χ0n) is 13.9. The van der Waals surface area contributed by atoms with E-state index in [-0.39, 0.29) is 17.1 Å². The van der Waals surface area contributed by atoms with E-state index >= 15 is 0 Å². The zero-order valence-corrected chi connectivity index (χ0v) is 14.7. The van der Waals surface area contributed by atoms with Crippen molar-refractivity contribution in [3.8, 4) is 0 Å². The summed E-state index contributed by atoms with van der Waals surface area (Å²) in [6, 6.07) is 9.18. The first kappa shape index (κ1) is 19.1. The van der Waals surface area contributed by atoms with Gasteiger partial charge in [0.1, 0.15) is 0 Å². The van der Waals surface area contributed by atoms with E-state index in [1.165, 1.54) is 18.2 Å². The normalized spacial score (nSPS) is 12.6. The Morgan fingerprint density at radius 2 is 1.72 bits per heavy atom. The van der Waals surface area contributed by atoms with Crippen LogP contribution in [-0.2, 0) is 14.6 Å². The number of benzene rings is 2. The number of amides is 1. The molecule has 2 aromatic carbocycles. The molecule has 0 aromatic heterocycles. The Kier molecular flexibility index (Phi) is 5.89. The molecule has 0 saturated heterocycles. The van der Waals surface area contributed by atoms with Crippen molar-refractivity contribution in [2.24, 2.45) is 0 Å². The van der Waals surface area contributed by atoms with Gasteiger partial charge >= 0.3 is 0 Å². The summed E-state index contributed by atoms with van der Waals surface area (Å²) >= 11 is 0. The Bertz CT molecular complexity index is 864. The Labute approximate surface area is 145 Å². The van der Waals surface area contributed by atoms with E-state index in [0.717, 1.165) is 17.7 Å². The topological polar surface area (TPSA) is 63.2 Å². The molecule has 0 aliphatic heterocycles. The van der Waals surface area contributed by atoms with Crippen LogP contribution in [0.2, 0.25) is 0 Å². The highest BCUT2D eigenvalue weighted by Crippen LogP contribution is 2.17. The number of hydrogen-bond acceptors (Lipinski definition) is 3. The first-order chi connectivity index (χ1) is 11.7.